The third-order valence-electron chi connectivity index (χ3n) is 6.51. The Hall–Kier alpha value is -3.41. The van der Waals surface area contributed by atoms with Crippen LogP contribution < -0.4 is 9.62 Å². The number of benzene rings is 4. The maximum absolute atomic E-state index is 14.2. The average Bonchev–Trinajstić information content (AvgIpc) is 2.99. The van der Waals surface area contributed by atoms with Crippen molar-refractivity contribution in [2.24, 2.45) is 0 Å². The Morgan fingerprint density at radius 1 is 0.829 bits per heavy atom. The summed E-state index contributed by atoms with van der Waals surface area (Å²) in [4.78, 5) is 29.0. The van der Waals surface area contributed by atoms with Crippen LogP contribution >= 0.6 is 34.2 Å². The number of nitrogens with one attached hydrogen (secondary N) is 1. The van der Waals surface area contributed by atoms with Gasteiger partial charge < -0.3 is 10.2 Å². The Labute approximate surface area is 259 Å². The van der Waals surface area contributed by atoms with Gasteiger partial charge in [0.25, 0.3) is 10.0 Å². The Morgan fingerprint density at radius 2 is 1.41 bits per heavy atom. The van der Waals surface area contributed by atoms with Crippen LogP contribution in [0.3, 0.4) is 0 Å². The van der Waals surface area contributed by atoms with Crippen molar-refractivity contribution in [3.8, 4) is 0 Å². The summed E-state index contributed by atoms with van der Waals surface area (Å²) in [5.74, 6) is -0.884. The highest BCUT2D eigenvalue weighted by molar-refractivity contribution is 14.1. The molecule has 1 atom stereocenters. The van der Waals surface area contributed by atoms with Gasteiger partial charge in [0.2, 0.25) is 11.8 Å². The predicted octanol–water partition coefficient (Wildman–Crippen LogP) is 5.53. The molecule has 0 aromatic heterocycles. The molecule has 0 spiro atoms. The van der Waals surface area contributed by atoms with Gasteiger partial charge in [-0.2, -0.15) is 0 Å². The SMILES string of the molecule is CNC(=O)[C@@H](Cc1ccccc1)N(Cc1ccc(Cl)cc1)C(=O)CN(c1ccc(I)cc1)S(=O)(=O)c1ccccc1. The smallest absolute Gasteiger partial charge is 0.264 e. The number of amides is 2. The van der Waals surface area contributed by atoms with Crippen LogP contribution in [0.25, 0.3) is 0 Å². The quantitative estimate of drug-likeness (QED) is 0.209. The second-order valence-corrected chi connectivity index (χ2v) is 12.8. The number of halogens is 2. The number of rotatable bonds is 11. The van der Waals surface area contributed by atoms with Crippen molar-refractivity contribution < 1.29 is 18.0 Å². The lowest BCUT2D eigenvalue weighted by Gasteiger charge is -2.33. The first-order valence-corrected chi connectivity index (χ1v) is 15.7. The predicted molar refractivity (Wildman–Crippen MR) is 170 cm³/mol. The molecule has 0 heterocycles. The molecule has 0 aliphatic carbocycles. The van der Waals surface area contributed by atoms with Crippen molar-refractivity contribution in [3.05, 3.63) is 129 Å². The fourth-order valence-electron chi connectivity index (χ4n) is 4.36. The first-order valence-electron chi connectivity index (χ1n) is 12.8. The number of sulfonamides is 1. The van der Waals surface area contributed by atoms with Gasteiger partial charge in [-0.3, -0.25) is 13.9 Å². The third-order valence-corrected chi connectivity index (χ3v) is 9.27. The zero-order chi connectivity index (χ0) is 29.4. The highest BCUT2D eigenvalue weighted by Gasteiger charge is 2.34. The first-order chi connectivity index (χ1) is 19.7. The van der Waals surface area contributed by atoms with E-state index in [1.807, 2.05) is 30.3 Å². The number of anilines is 1. The first kappa shape index (κ1) is 30.5. The minimum atomic E-state index is -4.12. The number of likely N-dealkylation sites (N-methyl/N-ethyl adjacent to an activating group) is 1. The second-order valence-electron chi connectivity index (χ2n) is 9.27. The Balaban J connectivity index is 1.77. The molecule has 212 valence electrons. The van der Waals surface area contributed by atoms with Crippen molar-refractivity contribution >= 4 is 61.7 Å². The van der Waals surface area contributed by atoms with Crippen LogP contribution in [0.15, 0.2) is 114 Å². The molecular weight excluding hydrogens is 673 g/mol. The van der Waals surface area contributed by atoms with E-state index in [0.717, 1.165) is 19.0 Å². The van der Waals surface area contributed by atoms with Gasteiger partial charge in [-0.25, -0.2) is 8.42 Å². The summed E-state index contributed by atoms with van der Waals surface area (Å²) in [6.07, 6.45) is 0.245. The standard InChI is InChI=1S/C31H29ClIN3O4S/c1-34-31(38)29(20-23-8-4-2-5-9-23)35(21-24-12-14-25(32)15-13-24)30(37)22-36(27-18-16-26(33)17-19-27)41(39,40)28-10-6-3-7-11-28/h2-19,29H,20-22H2,1H3,(H,34,38)/t29-/m1/s1. The summed E-state index contributed by atoms with van der Waals surface area (Å²) >= 11 is 8.23. The maximum atomic E-state index is 14.2. The van der Waals surface area contributed by atoms with E-state index in [1.165, 1.54) is 24.1 Å². The third kappa shape index (κ3) is 7.87. The Bertz CT molecular complexity index is 1570. The van der Waals surface area contributed by atoms with Crippen LogP contribution in [0.4, 0.5) is 5.69 Å². The van der Waals surface area contributed by atoms with Crippen LogP contribution in [0, 0.1) is 3.57 Å². The van der Waals surface area contributed by atoms with E-state index in [1.54, 1.807) is 66.7 Å². The molecule has 4 aromatic rings. The van der Waals surface area contributed by atoms with Crippen LogP contribution in [0.2, 0.25) is 5.02 Å². The molecule has 1 N–H and O–H groups in total. The molecule has 0 aliphatic heterocycles. The molecule has 0 saturated carbocycles. The molecule has 0 unspecified atom stereocenters. The van der Waals surface area contributed by atoms with E-state index in [-0.39, 0.29) is 23.8 Å². The van der Waals surface area contributed by atoms with Crippen molar-refractivity contribution in [2.45, 2.75) is 23.9 Å². The summed E-state index contributed by atoms with van der Waals surface area (Å²) in [6.45, 7) is -0.430. The summed E-state index contributed by atoms with van der Waals surface area (Å²) in [5.41, 5.74) is 1.95. The number of carbonyl (C=O) groups excluding carboxylic acids is 2. The molecule has 10 heteroatoms. The van der Waals surface area contributed by atoms with Crippen LogP contribution in [0.1, 0.15) is 11.1 Å². The highest BCUT2D eigenvalue weighted by atomic mass is 127. The Morgan fingerprint density at radius 3 is 2.00 bits per heavy atom. The molecule has 7 nitrogen and oxygen atoms in total. The van der Waals surface area contributed by atoms with Crippen molar-refractivity contribution in [1.29, 1.82) is 0 Å². The fourth-order valence-corrected chi connectivity index (χ4v) is 6.28. The van der Waals surface area contributed by atoms with E-state index in [9.17, 15) is 18.0 Å². The van der Waals surface area contributed by atoms with Crippen molar-refractivity contribution in [3.63, 3.8) is 0 Å². The summed E-state index contributed by atoms with van der Waals surface area (Å²) in [5, 5.41) is 3.22. The maximum Gasteiger partial charge on any atom is 0.264 e. The topological polar surface area (TPSA) is 86.8 Å². The summed E-state index contributed by atoms with van der Waals surface area (Å²) in [6, 6.07) is 30.3. The van der Waals surface area contributed by atoms with E-state index >= 15 is 0 Å². The number of nitrogens with zero attached hydrogens (tertiary/aromatic N) is 2. The normalized spacial score (nSPS) is 11.9. The lowest BCUT2D eigenvalue weighted by Crippen LogP contribution is -2.53. The zero-order valence-electron chi connectivity index (χ0n) is 22.3. The minimum absolute atomic E-state index is 0.0581. The van der Waals surface area contributed by atoms with Gasteiger partial charge in [0, 0.05) is 28.6 Å². The van der Waals surface area contributed by atoms with E-state index < -0.39 is 28.5 Å². The van der Waals surface area contributed by atoms with Gasteiger partial charge in [-0.1, -0.05) is 72.3 Å². The lowest BCUT2D eigenvalue weighted by molar-refractivity contribution is -0.139. The van der Waals surface area contributed by atoms with E-state index in [0.29, 0.717) is 10.7 Å². The Kier molecular flexibility index (Phi) is 10.4. The van der Waals surface area contributed by atoms with Gasteiger partial charge in [-0.15, -0.1) is 0 Å². The number of hydrogen-bond acceptors (Lipinski definition) is 4. The molecule has 0 fully saturated rings. The summed E-state index contributed by atoms with van der Waals surface area (Å²) < 4.78 is 29.8. The number of carbonyl (C=O) groups is 2. The molecule has 4 aromatic carbocycles. The lowest BCUT2D eigenvalue weighted by atomic mass is 10.0. The van der Waals surface area contributed by atoms with E-state index in [2.05, 4.69) is 27.9 Å². The van der Waals surface area contributed by atoms with E-state index in [4.69, 9.17) is 11.6 Å². The highest BCUT2D eigenvalue weighted by Crippen LogP contribution is 2.26. The zero-order valence-corrected chi connectivity index (χ0v) is 26.0. The molecule has 0 aliphatic rings. The number of hydrogen-bond donors (Lipinski definition) is 1. The summed E-state index contributed by atoms with van der Waals surface area (Å²) in [7, 11) is -2.60. The van der Waals surface area contributed by atoms with Crippen LogP contribution in [0.5, 0.6) is 0 Å². The van der Waals surface area contributed by atoms with Crippen molar-refractivity contribution in [2.75, 3.05) is 17.9 Å². The molecular formula is C31H29ClIN3O4S. The minimum Gasteiger partial charge on any atom is -0.357 e. The molecule has 0 radical (unpaired) electrons. The largest absolute Gasteiger partial charge is 0.357 e. The molecule has 4 rings (SSSR count). The second kappa shape index (κ2) is 14.0. The van der Waals surface area contributed by atoms with Crippen molar-refractivity contribution in [1.82, 2.24) is 10.2 Å². The van der Waals surface area contributed by atoms with Gasteiger partial charge in [0.15, 0.2) is 0 Å². The molecule has 2 amide bonds. The molecule has 41 heavy (non-hydrogen) atoms. The average molecular weight is 702 g/mol. The monoisotopic (exact) mass is 701 g/mol. The molecule has 0 saturated heterocycles. The van der Waals surface area contributed by atoms with Gasteiger partial charge in [0.1, 0.15) is 12.6 Å². The van der Waals surface area contributed by atoms with Crippen LogP contribution in [-0.2, 0) is 32.6 Å². The van der Waals surface area contributed by atoms with Gasteiger partial charge in [-0.05, 0) is 82.2 Å². The fraction of sp³-hybridized carbons (Fsp3) is 0.161. The molecule has 0 bridgehead atoms. The van der Waals surface area contributed by atoms with Crippen LogP contribution in [-0.4, -0.2) is 44.8 Å². The van der Waals surface area contributed by atoms with Gasteiger partial charge in [0.05, 0.1) is 10.6 Å². The van der Waals surface area contributed by atoms with Gasteiger partial charge >= 0.3 is 0 Å².